The minimum absolute atomic E-state index is 0.511. The first-order chi connectivity index (χ1) is 9.43. The third-order valence-electron chi connectivity index (χ3n) is 2.97. The van der Waals surface area contributed by atoms with Gasteiger partial charge in [0.15, 0.2) is 5.88 Å². The van der Waals surface area contributed by atoms with Crippen LogP contribution in [0.4, 0.5) is 0 Å². The van der Waals surface area contributed by atoms with Crippen LogP contribution >= 0.6 is 7.92 Å². The lowest BCUT2D eigenvalue weighted by molar-refractivity contribution is 0.266. The molecule has 1 aliphatic heterocycles. The topological polar surface area (TPSA) is 21.3 Å². The molecular weight excluding hydrogens is 253 g/mol. The fourth-order valence-electron chi connectivity index (χ4n) is 2.06. The van der Waals surface area contributed by atoms with E-state index in [1.807, 2.05) is 0 Å². The van der Waals surface area contributed by atoms with Gasteiger partial charge in [-0.25, -0.2) is 0 Å². The Labute approximate surface area is 114 Å². The summed E-state index contributed by atoms with van der Waals surface area (Å²) >= 11 is 0. The van der Waals surface area contributed by atoms with Crippen LogP contribution < -0.4 is 15.9 Å². The zero-order valence-electron chi connectivity index (χ0n) is 10.6. The average Bonchev–Trinajstić information content (AvgIpc) is 3.00. The molecule has 0 aromatic heterocycles. The van der Waals surface area contributed by atoms with E-state index in [1.54, 1.807) is 0 Å². The van der Waals surface area contributed by atoms with Crippen molar-refractivity contribution in [2.24, 2.45) is 0 Å². The highest BCUT2D eigenvalue weighted by Gasteiger charge is 2.14. The summed E-state index contributed by atoms with van der Waals surface area (Å²) in [5, 5.41) is 5.96. The van der Waals surface area contributed by atoms with Crippen molar-refractivity contribution >= 4 is 18.5 Å². The van der Waals surface area contributed by atoms with Gasteiger partial charge in [-0.15, -0.1) is 0 Å². The summed E-state index contributed by atoms with van der Waals surface area (Å²) in [7, 11) is -0.511. The van der Waals surface area contributed by atoms with E-state index >= 15 is 0 Å². The number of hydrogen-bond acceptors (Lipinski definition) is 2. The maximum atomic E-state index is 5.59. The molecule has 2 aromatic carbocycles. The van der Waals surface area contributed by atoms with Crippen molar-refractivity contribution in [1.29, 1.82) is 0 Å². The van der Waals surface area contributed by atoms with Crippen LogP contribution in [0.25, 0.3) is 0 Å². The summed E-state index contributed by atoms with van der Waals surface area (Å²) in [6.07, 6.45) is 0. The van der Waals surface area contributed by atoms with Crippen molar-refractivity contribution < 1.29 is 4.74 Å². The molecule has 1 heterocycles. The van der Waals surface area contributed by atoms with Crippen LogP contribution in [0.3, 0.4) is 0 Å². The van der Waals surface area contributed by atoms with Crippen LogP contribution in [0.5, 0.6) is 0 Å². The summed E-state index contributed by atoms with van der Waals surface area (Å²) in [4.78, 5) is 0. The molecule has 3 heteroatoms. The number of nitrogens with one attached hydrogen (secondary N) is 1. The predicted molar refractivity (Wildman–Crippen MR) is 81.1 cm³/mol. The third-order valence-corrected chi connectivity index (χ3v) is 5.18. The van der Waals surface area contributed by atoms with E-state index in [4.69, 9.17) is 4.74 Å². The Morgan fingerprint density at radius 1 is 0.895 bits per heavy atom. The van der Waals surface area contributed by atoms with Crippen molar-refractivity contribution in [3.05, 3.63) is 72.4 Å². The second-order valence-corrected chi connectivity index (χ2v) is 6.34. The van der Waals surface area contributed by atoms with Gasteiger partial charge in [-0.1, -0.05) is 60.7 Å². The molecule has 0 atom stereocenters. The Kier molecular flexibility index (Phi) is 3.81. The number of benzene rings is 2. The van der Waals surface area contributed by atoms with Crippen molar-refractivity contribution in [1.82, 2.24) is 5.32 Å². The second-order valence-electron chi connectivity index (χ2n) is 4.31. The molecule has 1 saturated heterocycles. The quantitative estimate of drug-likeness (QED) is 0.865. The summed E-state index contributed by atoms with van der Waals surface area (Å²) < 4.78 is 5.59. The standard InChI is InChI=1S/C16H16NOP/c1-3-7-14(8-4-1)19(13-16-17-11-12-18-16)15-9-5-2-6-10-15/h1-10,13,17H,11-12H2/b16-13+. The Morgan fingerprint density at radius 3 is 1.95 bits per heavy atom. The van der Waals surface area contributed by atoms with E-state index < -0.39 is 7.92 Å². The first-order valence-electron chi connectivity index (χ1n) is 6.41. The van der Waals surface area contributed by atoms with Gasteiger partial charge >= 0.3 is 0 Å². The van der Waals surface area contributed by atoms with Crippen LogP contribution in [-0.4, -0.2) is 13.2 Å². The van der Waals surface area contributed by atoms with Gasteiger partial charge in [0.2, 0.25) is 0 Å². The highest BCUT2D eigenvalue weighted by Crippen LogP contribution is 2.36. The van der Waals surface area contributed by atoms with E-state index in [2.05, 4.69) is 71.8 Å². The lowest BCUT2D eigenvalue weighted by Crippen LogP contribution is -2.12. The monoisotopic (exact) mass is 269 g/mol. The van der Waals surface area contributed by atoms with Gasteiger partial charge in [-0.3, -0.25) is 0 Å². The zero-order valence-corrected chi connectivity index (χ0v) is 11.5. The molecule has 1 fully saturated rings. The lowest BCUT2D eigenvalue weighted by Gasteiger charge is -2.15. The molecule has 1 aliphatic rings. The SMILES string of the molecule is C(=C1/NCCO1)/P(c1ccccc1)c1ccccc1. The molecule has 0 spiro atoms. The van der Waals surface area contributed by atoms with Crippen LogP contribution in [-0.2, 0) is 4.74 Å². The number of hydrogen-bond donors (Lipinski definition) is 1. The average molecular weight is 269 g/mol. The minimum atomic E-state index is -0.511. The Hall–Kier alpha value is -1.79. The van der Waals surface area contributed by atoms with Gasteiger partial charge in [0.05, 0.1) is 6.54 Å². The molecule has 1 N–H and O–H groups in total. The van der Waals surface area contributed by atoms with Crippen molar-refractivity contribution in [2.75, 3.05) is 13.2 Å². The second kappa shape index (κ2) is 5.90. The van der Waals surface area contributed by atoms with E-state index in [-0.39, 0.29) is 0 Å². The lowest BCUT2D eigenvalue weighted by atomic mass is 10.4. The molecule has 0 saturated carbocycles. The van der Waals surface area contributed by atoms with Crippen LogP contribution in [0, 0.1) is 0 Å². The first kappa shape index (κ1) is 12.3. The van der Waals surface area contributed by atoms with E-state index in [0.29, 0.717) is 0 Å². The zero-order chi connectivity index (χ0) is 12.9. The molecule has 0 unspecified atom stereocenters. The molecule has 0 bridgehead atoms. The smallest absolute Gasteiger partial charge is 0.187 e. The van der Waals surface area contributed by atoms with Crippen molar-refractivity contribution in [3.63, 3.8) is 0 Å². The van der Waals surface area contributed by atoms with E-state index in [0.717, 1.165) is 19.0 Å². The van der Waals surface area contributed by atoms with Gasteiger partial charge < -0.3 is 10.1 Å². The fraction of sp³-hybridized carbons (Fsp3) is 0.125. The largest absolute Gasteiger partial charge is 0.477 e. The van der Waals surface area contributed by atoms with E-state index in [9.17, 15) is 0 Å². The summed E-state index contributed by atoms with van der Waals surface area (Å²) in [5.74, 6) is 3.14. The molecule has 96 valence electrons. The minimum Gasteiger partial charge on any atom is -0.477 e. The highest BCUT2D eigenvalue weighted by atomic mass is 31.1. The molecule has 3 rings (SSSR count). The third kappa shape index (κ3) is 2.97. The Balaban J connectivity index is 1.98. The van der Waals surface area contributed by atoms with Gasteiger partial charge in [0.1, 0.15) is 6.61 Å². The molecule has 0 radical (unpaired) electrons. The first-order valence-corrected chi connectivity index (χ1v) is 7.82. The molecule has 0 amide bonds. The van der Waals surface area contributed by atoms with Crippen molar-refractivity contribution in [3.8, 4) is 0 Å². The molecule has 2 nitrogen and oxygen atoms in total. The predicted octanol–water partition coefficient (Wildman–Crippen LogP) is 2.54. The molecule has 0 aliphatic carbocycles. The summed E-state index contributed by atoms with van der Waals surface area (Å²) in [5.41, 5.74) is 0. The normalized spacial score (nSPS) is 16.4. The molecule has 2 aromatic rings. The highest BCUT2D eigenvalue weighted by molar-refractivity contribution is 7.75. The number of rotatable bonds is 3. The van der Waals surface area contributed by atoms with Crippen LogP contribution in [0.2, 0.25) is 0 Å². The molecule has 19 heavy (non-hydrogen) atoms. The molecular formula is C16H16NOP. The Morgan fingerprint density at radius 2 is 1.47 bits per heavy atom. The fourth-order valence-corrected chi connectivity index (χ4v) is 4.05. The number of ether oxygens (including phenoxy) is 1. The van der Waals surface area contributed by atoms with Gasteiger partial charge in [0, 0.05) is 5.82 Å². The van der Waals surface area contributed by atoms with Crippen molar-refractivity contribution in [2.45, 2.75) is 0 Å². The van der Waals surface area contributed by atoms with Crippen LogP contribution in [0.15, 0.2) is 72.4 Å². The van der Waals surface area contributed by atoms with Gasteiger partial charge in [-0.2, -0.15) is 0 Å². The summed E-state index contributed by atoms with van der Waals surface area (Å²) in [6, 6.07) is 21.2. The van der Waals surface area contributed by atoms with E-state index in [1.165, 1.54) is 10.6 Å². The maximum absolute atomic E-state index is 5.59. The van der Waals surface area contributed by atoms with Crippen LogP contribution in [0.1, 0.15) is 0 Å². The van der Waals surface area contributed by atoms with Gasteiger partial charge in [0.25, 0.3) is 0 Å². The maximum Gasteiger partial charge on any atom is 0.187 e. The summed E-state index contributed by atoms with van der Waals surface area (Å²) in [6.45, 7) is 1.66. The van der Waals surface area contributed by atoms with Gasteiger partial charge in [-0.05, 0) is 18.5 Å². The Bertz CT molecular complexity index is 506.